The van der Waals surface area contributed by atoms with E-state index in [0.717, 1.165) is 24.8 Å². The van der Waals surface area contributed by atoms with Gasteiger partial charge in [-0.05, 0) is 42.9 Å². The first-order chi connectivity index (χ1) is 11.0. The second kappa shape index (κ2) is 8.56. The molecule has 0 atom stereocenters. The summed E-state index contributed by atoms with van der Waals surface area (Å²) in [7, 11) is 0. The SMILES string of the molecule is CC(C)CC(=O)NCCc1ccc(OCC(=O)NC2CC2)cc1. The molecule has 1 aromatic rings. The second-order valence-electron chi connectivity index (χ2n) is 6.47. The lowest BCUT2D eigenvalue weighted by Crippen LogP contribution is -2.30. The lowest BCUT2D eigenvalue weighted by Gasteiger charge is -2.09. The van der Waals surface area contributed by atoms with Crippen LogP contribution in [-0.4, -0.2) is 31.0 Å². The van der Waals surface area contributed by atoms with Gasteiger partial charge in [0, 0.05) is 19.0 Å². The van der Waals surface area contributed by atoms with Crippen LogP contribution in [0, 0.1) is 5.92 Å². The van der Waals surface area contributed by atoms with Crippen LogP contribution in [0.15, 0.2) is 24.3 Å². The quantitative estimate of drug-likeness (QED) is 0.732. The van der Waals surface area contributed by atoms with Crippen LogP contribution in [0.3, 0.4) is 0 Å². The number of rotatable bonds is 9. The molecule has 0 unspecified atom stereocenters. The predicted octanol–water partition coefficient (Wildman–Crippen LogP) is 2.05. The van der Waals surface area contributed by atoms with Crippen molar-refractivity contribution in [2.45, 2.75) is 45.6 Å². The molecule has 2 amide bonds. The Labute approximate surface area is 137 Å². The average Bonchev–Trinajstić information content (AvgIpc) is 3.29. The summed E-state index contributed by atoms with van der Waals surface area (Å²) < 4.78 is 5.46. The highest BCUT2D eigenvalue weighted by atomic mass is 16.5. The van der Waals surface area contributed by atoms with Crippen molar-refractivity contribution in [2.24, 2.45) is 5.92 Å². The van der Waals surface area contributed by atoms with Crippen molar-refractivity contribution in [1.82, 2.24) is 10.6 Å². The molecule has 0 radical (unpaired) electrons. The van der Waals surface area contributed by atoms with Gasteiger partial charge in [0.25, 0.3) is 5.91 Å². The van der Waals surface area contributed by atoms with E-state index in [1.807, 2.05) is 38.1 Å². The van der Waals surface area contributed by atoms with E-state index >= 15 is 0 Å². The first kappa shape index (κ1) is 17.3. The maximum atomic E-state index is 11.6. The van der Waals surface area contributed by atoms with E-state index in [1.165, 1.54) is 0 Å². The topological polar surface area (TPSA) is 67.4 Å². The summed E-state index contributed by atoms with van der Waals surface area (Å²) >= 11 is 0. The smallest absolute Gasteiger partial charge is 0.258 e. The predicted molar refractivity (Wildman–Crippen MR) is 89.3 cm³/mol. The summed E-state index contributed by atoms with van der Waals surface area (Å²) in [6.07, 6.45) is 3.50. The third-order valence-electron chi connectivity index (χ3n) is 3.57. The van der Waals surface area contributed by atoms with E-state index in [2.05, 4.69) is 10.6 Å². The minimum Gasteiger partial charge on any atom is -0.484 e. The molecule has 0 heterocycles. The van der Waals surface area contributed by atoms with Gasteiger partial charge in [-0.2, -0.15) is 0 Å². The Kier molecular flexibility index (Phi) is 6.44. The molecule has 2 rings (SSSR count). The van der Waals surface area contributed by atoms with Gasteiger partial charge in [0.1, 0.15) is 5.75 Å². The van der Waals surface area contributed by atoms with E-state index in [-0.39, 0.29) is 18.4 Å². The molecule has 126 valence electrons. The third kappa shape index (κ3) is 7.17. The van der Waals surface area contributed by atoms with Crippen LogP contribution in [-0.2, 0) is 16.0 Å². The van der Waals surface area contributed by atoms with Crippen LogP contribution in [0.25, 0.3) is 0 Å². The Balaban J connectivity index is 1.65. The number of ether oxygens (including phenoxy) is 1. The van der Waals surface area contributed by atoms with E-state index in [4.69, 9.17) is 4.74 Å². The van der Waals surface area contributed by atoms with Crippen LogP contribution >= 0.6 is 0 Å². The van der Waals surface area contributed by atoms with Gasteiger partial charge >= 0.3 is 0 Å². The zero-order valence-electron chi connectivity index (χ0n) is 13.9. The fraction of sp³-hybridized carbons (Fsp3) is 0.556. The fourth-order valence-electron chi connectivity index (χ4n) is 2.19. The first-order valence-corrected chi connectivity index (χ1v) is 8.30. The molecule has 2 N–H and O–H groups in total. The van der Waals surface area contributed by atoms with E-state index in [9.17, 15) is 9.59 Å². The highest BCUT2D eigenvalue weighted by Crippen LogP contribution is 2.18. The summed E-state index contributed by atoms with van der Waals surface area (Å²) in [6, 6.07) is 8.00. The summed E-state index contributed by atoms with van der Waals surface area (Å²) in [6.45, 7) is 4.75. The van der Waals surface area contributed by atoms with Crippen molar-refractivity contribution in [1.29, 1.82) is 0 Å². The molecule has 1 fully saturated rings. The fourth-order valence-corrected chi connectivity index (χ4v) is 2.19. The highest BCUT2D eigenvalue weighted by Gasteiger charge is 2.23. The molecule has 1 aliphatic rings. The zero-order chi connectivity index (χ0) is 16.7. The van der Waals surface area contributed by atoms with Gasteiger partial charge < -0.3 is 15.4 Å². The van der Waals surface area contributed by atoms with Gasteiger partial charge in [0.15, 0.2) is 6.61 Å². The van der Waals surface area contributed by atoms with Crippen molar-refractivity contribution in [3.63, 3.8) is 0 Å². The number of carbonyl (C=O) groups excluding carboxylic acids is 2. The lowest BCUT2D eigenvalue weighted by molar-refractivity contribution is -0.123. The number of carbonyl (C=O) groups is 2. The molecule has 5 heteroatoms. The van der Waals surface area contributed by atoms with Gasteiger partial charge in [0.2, 0.25) is 5.91 Å². The largest absolute Gasteiger partial charge is 0.484 e. The minimum atomic E-state index is -0.0653. The van der Waals surface area contributed by atoms with E-state index < -0.39 is 0 Å². The van der Waals surface area contributed by atoms with Crippen molar-refractivity contribution >= 4 is 11.8 Å². The van der Waals surface area contributed by atoms with Crippen LogP contribution in [0.2, 0.25) is 0 Å². The summed E-state index contributed by atoms with van der Waals surface area (Å²) in [5.74, 6) is 1.10. The summed E-state index contributed by atoms with van der Waals surface area (Å²) in [5, 5.41) is 5.80. The molecule has 0 bridgehead atoms. The van der Waals surface area contributed by atoms with Crippen LogP contribution < -0.4 is 15.4 Å². The van der Waals surface area contributed by atoms with Crippen LogP contribution in [0.4, 0.5) is 0 Å². The number of nitrogens with one attached hydrogen (secondary N) is 2. The average molecular weight is 318 g/mol. The van der Waals surface area contributed by atoms with Crippen molar-refractivity contribution in [3.8, 4) is 5.75 Å². The summed E-state index contributed by atoms with van der Waals surface area (Å²) in [5.41, 5.74) is 1.13. The van der Waals surface area contributed by atoms with Crippen molar-refractivity contribution < 1.29 is 14.3 Å². The molecule has 1 aromatic carbocycles. The lowest BCUT2D eigenvalue weighted by atomic mass is 10.1. The van der Waals surface area contributed by atoms with Crippen LogP contribution in [0.1, 0.15) is 38.7 Å². The number of hydrogen-bond donors (Lipinski definition) is 2. The van der Waals surface area contributed by atoms with Gasteiger partial charge in [-0.3, -0.25) is 9.59 Å². The summed E-state index contributed by atoms with van der Waals surface area (Å²) in [4.78, 5) is 23.1. The Bertz CT molecular complexity index is 522. The molecule has 0 aromatic heterocycles. The van der Waals surface area contributed by atoms with E-state index in [1.54, 1.807) is 0 Å². The minimum absolute atomic E-state index is 0.0567. The molecule has 0 spiro atoms. The Morgan fingerprint density at radius 1 is 1.17 bits per heavy atom. The maximum Gasteiger partial charge on any atom is 0.258 e. The Hall–Kier alpha value is -2.04. The van der Waals surface area contributed by atoms with Gasteiger partial charge in [-0.25, -0.2) is 0 Å². The van der Waals surface area contributed by atoms with Crippen molar-refractivity contribution in [2.75, 3.05) is 13.2 Å². The Morgan fingerprint density at radius 2 is 1.87 bits per heavy atom. The van der Waals surface area contributed by atoms with Crippen molar-refractivity contribution in [3.05, 3.63) is 29.8 Å². The molecule has 5 nitrogen and oxygen atoms in total. The monoisotopic (exact) mass is 318 g/mol. The maximum absolute atomic E-state index is 11.6. The van der Waals surface area contributed by atoms with Gasteiger partial charge in [0.05, 0.1) is 0 Å². The molecular formula is C18H26N2O3. The van der Waals surface area contributed by atoms with Crippen LogP contribution in [0.5, 0.6) is 5.75 Å². The number of amides is 2. The van der Waals surface area contributed by atoms with Gasteiger partial charge in [-0.15, -0.1) is 0 Å². The molecule has 0 saturated heterocycles. The molecular weight excluding hydrogens is 292 g/mol. The molecule has 1 saturated carbocycles. The van der Waals surface area contributed by atoms with E-state index in [0.29, 0.717) is 30.7 Å². The number of hydrogen-bond acceptors (Lipinski definition) is 3. The molecule has 23 heavy (non-hydrogen) atoms. The normalized spacial score (nSPS) is 13.7. The third-order valence-corrected chi connectivity index (χ3v) is 3.57. The standard InChI is InChI=1S/C18H26N2O3/c1-13(2)11-17(21)19-10-9-14-3-7-16(8-4-14)23-12-18(22)20-15-5-6-15/h3-4,7-8,13,15H,5-6,9-12H2,1-2H3,(H,19,21)(H,20,22). The zero-order valence-corrected chi connectivity index (χ0v) is 13.9. The molecule has 0 aliphatic heterocycles. The first-order valence-electron chi connectivity index (χ1n) is 8.30. The second-order valence-corrected chi connectivity index (χ2v) is 6.47. The Morgan fingerprint density at radius 3 is 2.48 bits per heavy atom. The highest BCUT2D eigenvalue weighted by molar-refractivity contribution is 5.78. The molecule has 1 aliphatic carbocycles. The number of benzene rings is 1. The van der Waals surface area contributed by atoms with Gasteiger partial charge in [-0.1, -0.05) is 26.0 Å².